The molecule has 0 saturated heterocycles. The molecule has 120 valence electrons. The fraction of sp³-hybridized carbons (Fsp3) is 0.714. The lowest BCUT2D eigenvalue weighted by Crippen LogP contribution is -2.46. The molecule has 0 spiro atoms. The summed E-state index contributed by atoms with van der Waals surface area (Å²) in [5, 5.41) is 9.50. The summed E-state index contributed by atoms with van der Waals surface area (Å²) in [6, 6.07) is 0. The van der Waals surface area contributed by atoms with Gasteiger partial charge >= 0.3 is 11.9 Å². The predicted molar refractivity (Wildman–Crippen MR) is 72.3 cm³/mol. The zero-order chi connectivity index (χ0) is 16.6. The quantitative estimate of drug-likeness (QED) is 0.481. The summed E-state index contributed by atoms with van der Waals surface area (Å²) in [4.78, 5) is 47.2. The molecule has 0 radical (unpaired) electrons. The summed E-state index contributed by atoms with van der Waals surface area (Å²) < 4.78 is 9.57. The molecule has 0 saturated carbocycles. The normalized spacial score (nSPS) is 14.7. The Kier molecular flexibility index (Phi) is 7.80. The van der Waals surface area contributed by atoms with E-state index < -0.39 is 47.9 Å². The van der Waals surface area contributed by atoms with E-state index in [2.05, 4.69) is 0 Å². The largest absolute Gasteiger partial charge is 0.465 e. The van der Waals surface area contributed by atoms with Crippen molar-refractivity contribution in [1.82, 2.24) is 0 Å². The van der Waals surface area contributed by atoms with E-state index in [1.165, 1.54) is 0 Å². The second-order valence-electron chi connectivity index (χ2n) is 4.64. The van der Waals surface area contributed by atoms with Crippen molar-refractivity contribution in [2.75, 3.05) is 19.8 Å². The number of hydrogen-bond donors (Lipinski definition) is 1. The third kappa shape index (κ3) is 4.63. The van der Waals surface area contributed by atoms with E-state index >= 15 is 0 Å². The Morgan fingerprint density at radius 3 is 1.90 bits per heavy atom. The monoisotopic (exact) mass is 302 g/mol. The maximum atomic E-state index is 12.0. The minimum atomic E-state index is -1.93. The fourth-order valence-electron chi connectivity index (χ4n) is 1.86. The molecule has 0 rings (SSSR count). The molecule has 0 fully saturated rings. The molecule has 0 aliphatic carbocycles. The number of aliphatic hydroxyl groups excluding tert-OH is 1. The van der Waals surface area contributed by atoms with E-state index in [1.807, 2.05) is 0 Å². The highest BCUT2D eigenvalue weighted by Gasteiger charge is 2.48. The van der Waals surface area contributed by atoms with E-state index in [9.17, 15) is 24.3 Å². The molecule has 2 atom stereocenters. The Bertz CT molecular complexity index is 414. The van der Waals surface area contributed by atoms with Crippen LogP contribution in [0.5, 0.6) is 0 Å². The molecule has 0 aliphatic rings. The van der Waals surface area contributed by atoms with Crippen LogP contribution in [0.1, 0.15) is 34.1 Å². The van der Waals surface area contributed by atoms with E-state index in [0.29, 0.717) is 0 Å². The van der Waals surface area contributed by atoms with E-state index in [4.69, 9.17) is 9.47 Å². The average Bonchev–Trinajstić information content (AvgIpc) is 2.39. The molecule has 7 nitrogen and oxygen atoms in total. The second kappa shape index (κ2) is 8.51. The number of carbonyl (C=O) groups is 4. The highest BCUT2D eigenvalue weighted by molar-refractivity contribution is 6.05. The molecule has 0 aromatic carbocycles. The van der Waals surface area contributed by atoms with Crippen molar-refractivity contribution in [3.8, 4) is 0 Å². The van der Waals surface area contributed by atoms with E-state index in [1.54, 1.807) is 13.8 Å². The molecule has 21 heavy (non-hydrogen) atoms. The van der Waals surface area contributed by atoms with Crippen molar-refractivity contribution >= 4 is 23.5 Å². The third-order valence-electron chi connectivity index (χ3n) is 3.22. The summed E-state index contributed by atoms with van der Waals surface area (Å²) in [7, 11) is 0. The van der Waals surface area contributed by atoms with Crippen molar-refractivity contribution < 1.29 is 33.8 Å². The first-order chi connectivity index (χ1) is 9.76. The van der Waals surface area contributed by atoms with Crippen LogP contribution in [0.3, 0.4) is 0 Å². The molecule has 0 amide bonds. The van der Waals surface area contributed by atoms with Crippen molar-refractivity contribution in [2.24, 2.45) is 11.3 Å². The van der Waals surface area contributed by atoms with E-state index in [-0.39, 0.29) is 13.2 Å². The van der Waals surface area contributed by atoms with Gasteiger partial charge in [-0.2, -0.15) is 0 Å². The Hall–Kier alpha value is -1.76. The first kappa shape index (κ1) is 19.2. The molecule has 1 N–H and O–H groups in total. The van der Waals surface area contributed by atoms with Gasteiger partial charge in [0.25, 0.3) is 0 Å². The standard InChI is InChI=1S/C14H22O7/c1-5-20-12(18)11(9(3)16)7-14(8-15,10(4)17)13(19)21-6-2/h11,15H,5-8H2,1-4H3/t11-,14-/m0/s1. The van der Waals surface area contributed by atoms with Crippen LogP contribution < -0.4 is 0 Å². The number of aliphatic hydroxyl groups is 1. The van der Waals surface area contributed by atoms with Crippen molar-refractivity contribution in [2.45, 2.75) is 34.1 Å². The lowest BCUT2D eigenvalue weighted by atomic mass is 9.75. The maximum Gasteiger partial charge on any atom is 0.322 e. The van der Waals surface area contributed by atoms with Gasteiger partial charge in [-0.3, -0.25) is 19.2 Å². The lowest BCUT2D eigenvalue weighted by Gasteiger charge is -2.29. The SMILES string of the molecule is CCOC(=O)[C@@H](C[C@](CO)(C(C)=O)C(=O)OCC)C(C)=O. The summed E-state index contributed by atoms with van der Waals surface area (Å²) in [5.74, 6) is -4.29. The third-order valence-corrected chi connectivity index (χ3v) is 3.22. The van der Waals surface area contributed by atoms with Gasteiger partial charge in [0.15, 0.2) is 0 Å². The highest BCUT2D eigenvalue weighted by Crippen LogP contribution is 2.30. The van der Waals surface area contributed by atoms with Gasteiger partial charge in [-0.1, -0.05) is 0 Å². The summed E-state index contributed by atoms with van der Waals surface area (Å²) in [6.07, 6.45) is -0.466. The highest BCUT2D eigenvalue weighted by atomic mass is 16.5. The molecular weight excluding hydrogens is 280 g/mol. The first-order valence-corrected chi connectivity index (χ1v) is 6.73. The molecule has 0 unspecified atom stereocenters. The molecule has 0 aromatic rings. The van der Waals surface area contributed by atoms with Gasteiger partial charge in [-0.15, -0.1) is 0 Å². The minimum absolute atomic E-state index is 0.0119. The average molecular weight is 302 g/mol. The van der Waals surface area contributed by atoms with Crippen molar-refractivity contribution in [1.29, 1.82) is 0 Å². The maximum absolute atomic E-state index is 12.0. The van der Waals surface area contributed by atoms with Gasteiger partial charge in [0, 0.05) is 0 Å². The number of Topliss-reactive ketones (excluding diaryl/α,β-unsaturated/α-hetero) is 2. The van der Waals surface area contributed by atoms with Gasteiger partial charge in [-0.25, -0.2) is 0 Å². The zero-order valence-electron chi connectivity index (χ0n) is 12.8. The molecule has 0 bridgehead atoms. The predicted octanol–water partition coefficient (Wildman–Crippen LogP) is 0.276. The summed E-state index contributed by atoms with van der Waals surface area (Å²) in [6.45, 7) is 4.62. The van der Waals surface area contributed by atoms with Gasteiger partial charge in [0.05, 0.1) is 19.8 Å². The Balaban J connectivity index is 5.53. The van der Waals surface area contributed by atoms with Gasteiger partial charge < -0.3 is 14.6 Å². The number of ketones is 2. The van der Waals surface area contributed by atoms with Crippen LogP contribution >= 0.6 is 0 Å². The molecular formula is C14H22O7. The van der Waals surface area contributed by atoms with Gasteiger partial charge in [-0.05, 0) is 34.1 Å². The number of hydrogen-bond acceptors (Lipinski definition) is 7. The molecule has 0 heterocycles. The smallest absolute Gasteiger partial charge is 0.322 e. The number of carbonyl (C=O) groups excluding carboxylic acids is 4. The fourth-order valence-corrected chi connectivity index (χ4v) is 1.86. The van der Waals surface area contributed by atoms with Crippen LogP contribution in [0.25, 0.3) is 0 Å². The summed E-state index contributed by atoms with van der Waals surface area (Å²) >= 11 is 0. The van der Waals surface area contributed by atoms with Crippen LogP contribution in [0, 0.1) is 11.3 Å². The van der Waals surface area contributed by atoms with Crippen LogP contribution in [-0.2, 0) is 28.7 Å². The zero-order valence-corrected chi connectivity index (χ0v) is 12.8. The topological polar surface area (TPSA) is 107 Å². The molecule has 0 aromatic heterocycles. The first-order valence-electron chi connectivity index (χ1n) is 6.73. The second-order valence-corrected chi connectivity index (χ2v) is 4.64. The van der Waals surface area contributed by atoms with Crippen molar-refractivity contribution in [3.05, 3.63) is 0 Å². The van der Waals surface area contributed by atoms with Crippen LogP contribution in [-0.4, -0.2) is 48.4 Å². The Labute approximate surface area is 123 Å². The molecule has 0 aliphatic heterocycles. The van der Waals surface area contributed by atoms with E-state index in [0.717, 1.165) is 13.8 Å². The number of rotatable bonds is 9. The van der Waals surface area contributed by atoms with Crippen molar-refractivity contribution in [3.63, 3.8) is 0 Å². The summed E-state index contributed by atoms with van der Waals surface area (Å²) in [5.41, 5.74) is -1.93. The Morgan fingerprint density at radius 1 is 1.05 bits per heavy atom. The van der Waals surface area contributed by atoms with Crippen LogP contribution in [0.4, 0.5) is 0 Å². The van der Waals surface area contributed by atoms with Crippen LogP contribution in [0.15, 0.2) is 0 Å². The Morgan fingerprint density at radius 2 is 1.57 bits per heavy atom. The van der Waals surface area contributed by atoms with Crippen LogP contribution in [0.2, 0.25) is 0 Å². The lowest BCUT2D eigenvalue weighted by molar-refractivity contribution is -0.166. The van der Waals surface area contributed by atoms with Gasteiger partial charge in [0.2, 0.25) is 0 Å². The number of esters is 2. The minimum Gasteiger partial charge on any atom is -0.465 e. The molecule has 7 heteroatoms. The van der Waals surface area contributed by atoms with Gasteiger partial charge in [0.1, 0.15) is 22.9 Å². The number of ether oxygens (including phenoxy) is 2.